The summed E-state index contributed by atoms with van der Waals surface area (Å²) in [6.45, 7) is 4.64. The SMILES string of the molecule is CCO[Si](CCC(C)S)(OC)OC. The van der Waals surface area contributed by atoms with Crippen molar-refractivity contribution in [3.8, 4) is 0 Å². The first-order valence-electron chi connectivity index (χ1n) is 4.52. The molecule has 3 nitrogen and oxygen atoms in total. The van der Waals surface area contributed by atoms with Crippen molar-refractivity contribution < 1.29 is 13.3 Å². The molecule has 0 rings (SSSR count). The van der Waals surface area contributed by atoms with Gasteiger partial charge in [0.25, 0.3) is 0 Å². The van der Waals surface area contributed by atoms with Gasteiger partial charge in [-0.25, -0.2) is 0 Å². The second kappa shape index (κ2) is 6.84. The summed E-state index contributed by atoms with van der Waals surface area (Å²) in [5, 5.41) is 0.359. The topological polar surface area (TPSA) is 27.7 Å². The lowest BCUT2D eigenvalue weighted by molar-refractivity contribution is 0.103. The molecule has 0 amide bonds. The van der Waals surface area contributed by atoms with Gasteiger partial charge >= 0.3 is 8.80 Å². The van der Waals surface area contributed by atoms with E-state index in [4.69, 9.17) is 13.3 Å². The third kappa shape index (κ3) is 5.02. The zero-order valence-electron chi connectivity index (χ0n) is 8.87. The molecule has 0 aromatic rings. The molecule has 0 spiro atoms. The predicted molar refractivity (Wildman–Crippen MR) is 59.3 cm³/mol. The van der Waals surface area contributed by atoms with E-state index in [0.717, 1.165) is 12.5 Å². The molecule has 0 bridgehead atoms. The highest BCUT2D eigenvalue weighted by atomic mass is 32.1. The number of hydrogen-bond donors (Lipinski definition) is 1. The molecule has 0 aliphatic heterocycles. The van der Waals surface area contributed by atoms with Gasteiger partial charge in [-0.3, -0.25) is 0 Å². The van der Waals surface area contributed by atoms with Crippen molar-refractivity contribution in [3.05, 3.63) is 0 Å². The quantitative estimate of drug-likeness (QED) is 0.529. The fourth-order valence-corrected chi connectivity index (χ4v) is 3.64. The van der Waals surface area contributed by atoms with E-state index in [-0.39, 0.29) is 0 Å². The Morgan fingerprint density at radius 2 is 1.85 bits per heavy atom. The highest BCUT2D eigenvalue weighted by molar-refractivity contribution is 7.80. The normalized spacial score (nSPS) is 14.5. The molecule has 0 saturated carbocycles. The standard InChI is InChI=1S/C8H20O3SSi/c1-5-11-13(9-3,10-4)7-6-8(2)12/h8,12H,5-7H2,1-4H3. The Morgan fingerprint density at radius 1 is 1.31 bits per heavy atom. The summed E-state index contributed by atoms with van der Waals surface area (Å²) in [6.07, 6.45) is 0.955. The highest BCUT2D eigenvalue weighted by Gasteiger charge is 2.38. The third-order valence-corrected chi connectivity index (χ3v) is 4.99. The van der Waals surface area contributed by atoms with Crippen LogP contribution in [0.2, 0.25) is 6.04 Å². The smallest absolute Gasteiger partial charge is 0.377 e. The number of rotatable bonds is 7. The van der Waals surface area contributed by atoms with Gasteiger partial charge in [0.1, 0.15) is 0 Å². The van der Waals surface area contributed by atoms with Crippen LogP contribution in [0.4, 0.5) is 0 Å². The van der Waals surface area contributed by atoms with Crippen molar-refractivity contribution in [3.63, 3.8) is 0 Å². The van der Waals surface area contributed by atoms with E-state index >= 15 is 0 Å². The van der Waals surface area contributed by atoms with E-state index in [1.807, 2.05) is 6.92 Å². The molecule has 0 heterocycles. The van der Waals surface area contributed by atoms with Gasteiger partial charge in [0, 0.05) is 26.9 Å². The Kier molecular flexibility index (Phi) is 7.07. The molecule has 0 aliphatic rings. The highest BCUT2D eigenvalue weighted by Crippen LogP contribution is 2.18. The summed E-state index contributed by atoms with van der Waals surface area (Å²) < 4.78 is 16.2. The molecule has 0 aliphatic carbocycles. The average molecular weight is 224 g/mol. The summed E-state index contributed by atoms with van der Waals surface area (Å²) in [7, 11) is 0.940. The number of thiol groups is 1. The maximum absolute atomic E-state index is 5.54. The maximum atomic E-state index is 5.54. The lowest BCUT2D eigenvalue weighted by atomic mass is 10.4. The lowest BCUT2D eigenvalue weighted by Gasteiger charge is -2.26. The van der Waals surface area contributed by atoms with Crippen molar-refractivity contribution in [2.45, 2.75) is 31.6 Å². The van der Waals surface area contributed by atoms with Gasteiger partial charge in [0.15, 0.2) is 0 Å². The summed E-state index contributed by atoms with van der Waals surface area (Å²) in [5.41, 5.74) is 0. The summed E-state index contributed by atoms with van der Waals surface area (Å²) in [6, 6.07) is 0.832. The van der Waals surface area contributed by atoms with Crippen LogP contribution in [0.3, 0.4) is 0 Å². The molecule has 1 unspecified atom stereocenters. The predicted octanol–water partition coefficient (Wildman–Crippen LogP) is 1.96. The fourth-order valence-electron chi connectivity index (χ4n) is 1.08. The van der Waals surface area contributed by atoms with Crippen LogP contribution in [-0.4, -0.2) is 34.9 Å². The minimum atomic E-state index is -2.36. The summed E-state index contributed by atoms with van der Waals surface area (Å²) >= 11 is 4.31. The minimum absolute atomic E-state index is 0.359. The van der Waals surface area contributed by atoms with Gasteiger partial charge < -0.3 is 13.3 Å². The minimum Gasteiger partial charge on any atom is -0.377 e. The zero-order chi connectivity index (χ0) is 10.3. The Hall–Kier alpha value is 0.447. The van der Waals surface area contributed by atoms with Gasteiger partial charge in [-0.15, -0.1) is 0 Å². The van der Waals surface area contributed by atoms with Crippen LogP contribution in [0.25, 0.3) is 0 Å². The molecule has 0 saturated heterocycles. The molecule has 0 aromatic heterocycles. The molecule has 0 aromatic carbocycles. The molecule has 0 fully saturated rings. The van der Waals surface area contributed by atoms with Crippen LogP contribution in [0.1, 0.15) is 20.3 Å². The van der Waals surface area contributed by atoms with E-state index in [2.05, 4.69) is 19.6 Å². The van der Waals surface area contributed by atoms with Crippen molar-refractivity contribution >= 4 is 21.4 Å². The Morgan fingerprint density at radius 3 is 2.15 bits per heavy atom. The first-order valence-corrected chi connectivity index (χ1v) is 6.97. The van der Waals surface area contributed by atoms with Crippen LogP contribution >= 0.6 is 12.6 Å². The van der Waals surface area contributed by atoms with E-state index in [0.29, 0.717) is 11.9 Å². The Balaban J connectivity index is 4.04. The molecule has 1 atom stereocenters. The Labute approximate surface area is 87.5 Å². The van der Waals surface area contributed by atoms with Crippen LogP contribution in [0.5, 0.6) is 0 Å². The summed E-state index contributed by atoms with van der Waals surface area (Å²) in [5.74, 6) is 0. The third-order valence-electron chi connectivity index (χ3n) is 1.85. The molecule has 0 N–H and O–H groups in total. The van der Waals surface area contributed by atoms with Crippen LogP contribution in [0, 0.1) is 0 Å². The van der Waals surface area contributed by atoms with Gasteiger partial charge in [0.2, 0.25) is 0 Å². The molecular formula is C8H20O3SSi. The fraction of sp³-hybridized carbons (Fsp3) is 1.00. The van der Waals surface area contributed by atoms with Gasteiger partial charge in [-0.05, 0) is 18.6 Å². The second-order valence-electron chi connectivity index (χ2n) is 2.91. The summed E-state index contributed by atoms with van der Waals surface area (Å²) in [4.78, 5) is 0. The average Bonchev–Trinajstić information content (AvgIpc) is 2.12. The van der Waals surface area contributed by atoms with Crippen molar-refractivity contribution in [2.75, 3.05) is 20.8 Å². The van der Waals surface area contributed by atoms with Crippen molar-refractivity contribution in [1.82, 2.24) is 0 Å². The van der Waals surface area contributed by atoms with Crippen LogP contribution in [-0.2, 0) is 13.3 Å². The van der Waals surface area contributed by atoms with Gasteiger partial charge in [0.05, 0.1) is 0 Å². The van der Waals surface area contributed by atoms with E-state index in [9.17, 15) is 0 Å². The lowest BCUT2D eigenvalue weighted by Crippen LogP contribution is -2.44. The molecular weight excluding hydrogens is 204 g/mol. The second-order valence-corrected chi connectivity index (χ2v) is 6.76. The monoisotopic (exact) mass is 224 g/mol. The van der Waals surface area contributed by atoms with E-state index in [1.54, 1.807) is 14.2 Å². The zero-order valence-corrected chi connectivity index (χ0v) is 10.8. The molecule has 80 valence electrons. The molecule has 0 radical (unpaired) electrons. The van der Waals surface area contributed by atoms with E-state index < -0.39 is 8.80 Å². The maximum Gasteiger partial charge on any atom is 0.500 e. The first-order chi connectivity index (χ1) is 6.10. The largest absolute Gasteiger partial charge is 0.500 e. The van der Waals surface area contributed by atoms with Gasteiger partial charge in [-0.2, -0.15) is 12.6 Å². The van der Waals surface area contributed by atoms with Crippen molar-refractivity contribution in [1.29, 1.82) is 0 Å². The van der Waals surface area contributed by atoms with Crippen LogP contribution in [0.15, 0.2) is 0 Å². The van der Waals surface area contributed by atoms with Crippen molar-refractivity contribution in [2.24, 2.45) is 0 Å². The van der Waals surface area contributed by atoms with Crippen LogP contribution < -0.4 is 0 Å². The van der Waals surface area contributed by atoms with E-state index in [1.165, 1.54) is 0 Å². The van der Waals surface area contributed by atoms with Gasteiger partial charge in [-0.1, -0.05) is 6.92 Å². The molecule has 13 heavy (non-hydrogen) atoms. The Bertz CT molecular complexity index is 129. The number of hydrogen-bond acceptors (Lipinski definition) is 4. The molecule has 5 heteroatoms. The first kappa shape index (κ1) is 13.4.